The highest BCUT2D eigenvalue weighted by Gasteiger charge is 2.12. The fourth-order valence-corrected chi connectivity index (χ4v) is 1.68. The van der Waals surface area contributed by atoms with E-state index in [0.29, 0.717) is 12.0 Å². The molecule has 0 saturated heterocycles. The first-order valence-corrected chi connectivity index (χ1v) is 5.37. The molecule has 0 aliphatic heterocycles. The van der Waals surface area contributed by atoms with Gasteiger partial charge in [0.25, 0.3) is 0 Å². The molecule has 1 aromatic heterocycles. The first kappa shape index (κ1) is 12.5. The van der Waals surface area contributed by atoms with Gasteiger partial charge in [0.1, 0.15) is 0 Å². The van der Waals surface area contributed by atoms with Crippen LogP contribution in [0.25, 0.3) is 0 Å². The van der Waals surface area contributed by atoms with Gasteiger partial charge in [-0.15, -0.1) is 0 Å². The predicted molar refractivity (Wildman–Crippen MR) is 62.2 cm³/mol. The molecule has 0 spiro atoms. The maximum atomic E-state index is 13.1. The molecule has 0 saturated carbocycles. The first-order chi connectivity index (χ1) is 8.70. The molecule has 0 amide bonds. The third-order valence-electron chi connectivity index (χ3n) is 2.63. The molecule has 1 aromatic carbocycles. The van der Waals surface area contributed by atoms with Crippen molar-refractivity contribution >= 4 is 0 Å². The molecule has 94 valence electrons. The first-order valence-electron chi connectivity index (χ1n) is 5.37. The van der Waals surface area contributed by atoms with Crippen LogP contribution < -0.4 is 11.3 Å². The highest BCUT2D eigenvalue weighted by Crippen LogP contribution is 2.18. The summed E-state index contributed by atoms with van der Waals surface area (Å²) in [6, 6.07) is 5.32. The number of halogens is 2. The van der Waals surface area contributed by atoms with E-state index in [9.17, 15) is 8.78 Å². The van der Waals surface area contributed by atoms with E-state index >= 15 is 0 Å². The Labute approximate surface area is 103 Å². The smallest absolute Gasteiger partial charge is 0.159 e. The van der Waals surface area contributed by atoms with Gasteiger partial charge in [-0.25, -0.2) is 8.78 Å². The number of hydrogen-bond acceptors (Lipinski definition) is 4. The molecule has 1 heterocycles. The highest BCUT2D eigenvalue weighted by atomic mass is 19.2. The second kappa shape index (κ2) is 5.61. The van der Waals surface area contributed by atoms with Crippen molar-refractivity contribution in [3.05, 3.63) is 59.4 Å². The number of nitrogens with two attached hydrogens (primary N) is 1. The Morgan fingerprint density at radius 2 is 2.00 bits per heavy atom. The van der Waals surface area contributed by atoms with Crippen LogP contribution in [0.5, 0.6) is 0 Å². The van der Waals surface area contributed by atoms with E-state index in [1.54, 1.807) is 18.5 Å². The summed E-state index contributed by atoms with van der Waals surface area (Å²) in [7, 11) is 0. The maximum Gasteiger partial charge on any atom is 0.159 e. The lowest BCUT2D eigenvalue weighted by molar-refractivity contribution is 0.502. The van der Waals surface area contributed by atoms with Gasteiger partial charge in [-0.05, 0) is 35.7 Å². The van der Waals surface area contributed by atoms with E-state index in [1.165, 1.54) is 6.07 Å². The van der Waals surface area contributed by atoms with Gasteiger partial charge in [0.05, 0.1) is 12.2 Å². The number of benzene rings is 1. The van der Waals surface area contributed by atoms with Crippen LogP contribution in [-0.2, 0) is 6.42 Å². The molecule has 3 N–H and O–H groups in total. The second-order valence-corrected chi connectivity index (χ2v) is 3.85. The monoisotopic (exact) mass is 250 g/mol. The van der Waals surface area contributed by atoms with E-state index in [-0.39, 0.29) is 6.04 Å². The molecular formula is C12H12F2N4. The van der Waals surface area contributed by atoms with Crippen LogP contribution in [0.15, 0.2) is 36.7 Å². The van der Waals surface area contributed by atoms with E-state index < -0.39 is 11.6 Å². The molecule has 0 fully saturated rings. The van der Waals surface area contributed by atoms with Crippen molar-refractivity contribution in [3.8, 4) is 0 Å². The predicted octanol–water partition coefficient (Wildman–Crippen LogP) is 1.50. The summed E-state index contributed by atoms with van der Waals surface area (Å²) >= 11 is 0. The van der Waals surface area contributed by atoms with Crippen molar-refractivity contribution in [1.82, 2.24) is 15.6 Å². The van der Waals surface area contributed by atoms with Crippen LogP contribution in [0.1, 0.15) is 17.2 Å². The molecular weight excluding hydrogens is 238 g/mol. The highest BCUT2D eigenvalue weighted by molar-refractivity contribution is 5.22. The molecule has 18 heavy (non-hydrogen) atoms. The quantitative estimate of drug-likeness (QED) is 0.637. The molecule has 6 heteroatoms. The largest absolute Gasteiger partial charge is 0.271 e. The minimum absolute atomic E-state index is 0.231. The van der Waals surface area contributed by atoms with Crippen molar-refractivity contribution in [1.29, 1.82) is 0 Å². The summed E-state index contributed by atoms with van der Waals surface area (Å²) in [4.78, 5) is 0. The third-order valence-corrected chi connectivity index (χ3v) is 2.63. The molecule has 1 unspecified atom stereocenters. The zero-order valence-electron chi connectivity index (χ0n) is 9.48. The number of hydrogen-bond donors (Lipinski definition) is 2. The average molecular weight is 250 g/mol. The Balaban J connectivity index is 2.18. The van der Waals surface area contributed by atoms with Crippen molar-refractivity contribution in [2.45, 2.75) is 12.5 Å². The van der Waals surface area contributed by atoms with E-state index in [0.717, 1.165) is 17.7 Å². The lowest BCUT2D eigenvalue weighted by atomic mass is 10.0. The molecule has 0 radical (unpaired) electrons. The number of hydrazine groups is 1. The van der Waals surface area contributed by atoms with Crippen LogP contribution in [0, 0.1) is 11.6 Å². The minimum atomic E-state index is -0.865. The van der Waals surface area contributed by atoms with Gasteiger partial charge in [0.15, 0.2) is 11.6 Å². The molecule has 2 rings (SSSR count). The van der Waals surface area contributed by atoms with E-state index in [2.05, 4.69) is 15.6 Å². The lowest BCUT2D eigenvalue weighted by Crippen LogP contribution is -2.29. The number of nitrogens with zero attached hydrogens (tertiary/aromatic N) is 2. The van der Waals surface area contributed by atoms with Crippen LogP contribution in [0.2, 0.25) is 0 Å². The third kappa shape index (κ3) is 2.85. The number of nitrogens with one attached hydrogen (secondary N) is 1. The Morgan fingerprint density at radius 1 is 1.17 bits per heavy atom. The van der Waals surface area contributed by atoms with Gasteiger partial charge in [-0.2, -0.15) is 10.2 Å². The molecule has 2 aromatic rings. The topological polar surface area (TPSA) is 63.8 Å². The normalized spacial score (nSPS) is 12.4. The van der Waals surface area contributed by atoms with Gasteiger partial charge in [-0.3, -0.25) is 11.3 Å². The van der Waals surface area contributed by atoms with Gasteiger partial charge in [0, 0.05) is 6.20 Å². The Hall–Kier alpha value is -1.92. The van der Waals surface area contributed by atoms with Crippen LogP contribution in [0.4, 0.5) is 8.78 Å². The fraction of sp³-hybridized carbons (Fsp3) is 0.167. The summed E-state index contributed by atoms with van der Waals surface area (Å²) in [5.74, 6) is 3.73. The zero-order valence-corrected chi connectivity index (χ0v) is 9.48. The lowest BCUT2D eigenvalue weighted by Gasteiger charge is -2.15. The standard InChI is InChI=1S/C12H12F2N4/c13-10-2-1-8(5-11(10)14)6-12(18-15)9-3-4-16-17-7-9/h1-5,7,12,18H,6,15H2. The van der Waals surface area contributed by atoms with Crippen molar-refractivity contribution in [3.63, 3.8) is 0 Å². The Bertz CT molecular complexity index is 519. The fourth-order valence-electron chi connectivity index (χ4n) is 1.68. The van der Waals surface area contributed by atoms with Crippen LogP contribution in [0.3, 0.4) is 0 Å². The number of aromatic nitrogens is 2. The maximum absolute atomic E-state index is 13.1. The van der Waals surface area contributed by atoms with Crippen LogP contribution >= 0.6 is 0 Å². The molecule has 0 aliphatic rings. The average Bonchev–Trinajstić information content (AvgIpc) is 2.41. The summed E-state index contributed by atoms with van der Waals surface area (Å²) in [5.41, 5.74) is 4.09. The Kier molecular flexibility index (Phi) is 3.91. The van der Waals surface area contributed by atoms with Gasteiger partial charge < -0.3 is 0 Å². The summed E-state index contributed by atoms with van der Waals surface area (Å²) in [6.07, 6.45) is 3.55. The SMILES string of the molecule is NNC(Cc1ccc(F)c(F)c1)c1ccnnc1. The second-order valence-electron chi connectivity index (χ2n) is 3.85. The molecule has 0 bridgehead atoms. The van der Waals surface area contributed by atoms with Gasteiger partial charge >= 0.3 is 0 Å². The van der Waals surface area contributed by atoms with E-state index in [1.807, 2.05) is 0 Å². The molecule has 1 atom stereocenters. The summed E-state index contributed by atoms with van der Waals surface area (Å²) in [6.45, 7) is 0. The van der Waals surface area contributed by atoms with Crippen molar-refractivity contribution in [2.24, 2.45) is 5.84 Å². The minimum Gasteiger partial charge on any atom is -0.271 e. The number of rotatable bonds is 4. The van der Waals surface area contributed by atoms with Gasteiger partial charge in [-0.1, -0.05) is 6.07 Å². The van der Waals surface area contributed by atoms with Gasteiger partial charge in [0.2, 0.25) is 0 Å². The van der Waals surface area contributed by atoms with E-state index in [4.69, 9.17) is 5.84 Å². The zero-order chi connectivity index (χ0) is 13.0. The molecule has 4 nitrogen and oxygen atoms in total. The summed E-state index contributed by atoms with van der Waals surface area (Å²) < 4.78 is 25.9. The van der Waals surface area contributed by atoms with Crippen molar-refractivity contribution < 1.29 is 8.78 Å². The summed E-state index contributed by atoms with van der Waals surface area (Å²) in [5, 5.41) is 7.41. The Morgan fingerprint density at radius 3 is 2.61 bits per heavy atom. The van der Waals surface area contributed by atoms with Crippen molar-refractivity contribution in [2.75, 3.05) is 0 Å². The van der Waals surface area contributed by atoms with Crippen LogP contribution in [-0.4, -0.2) is 10.2 Å². The molecule has 0 aliphatic carbocycles.